The van der Waals surface area contributed by atoms with Gasteiger partial charge in [-0.1, -0.05) is 35.5 Å². The fraction of sp³-hybridized carbons (Fsp3) is 0.385. The third-order valence-electron chi connectivity index (χ3n) is 3.03. The Hall–Kier alpha value is -0.840. The lowest BCUT2D eigenvalue weighted by molar-refractivity contribution is 0.531. The van der Waals surface area contributed by atoms with E-state index in [2.05, 4.69) is 15.3 Å². The molecule has 3 nitrogen and oxygen atoms in total. The summed E-state index contributed by atoms with van der Waals surface area (Å²) in [6, 6.07) is 7.83. The topological polar surface area (TPSA) is 37.8 Å². The quantitative estimate of drug-likeness (QED) is 0.917. The number of benzene rings is 1. The number of halogens is 1. The number of piperidine rings is 1. The zero-order valence-electron chi connectivity index (χ0n) is 9.90. The van der Waals surface area contributed by atoms with Gasteiger partial charge in [-0.15, -0.1) is 0 Å². The molecule has 5 heteroatoms. The van der Waals surface area contributed by atoms with E-state index < -0.39 is 0 Å². The molecule has 2 aromatic rings. The molecule has 2 heterocycles. The van der Waals surface area contributed by atoms with E-state index in [0.717, 1.165) is 29.1 Å². The SMILES string of the molecule is Clc1nc2ccccc2nc1S[C@H]1CCCNC1. The van der Waals surface area contributed by atoms with Gasteiger partial charge < -0.3 is 5.32 Å². The molecule has 1 aromatic carbocycles. The smallest absolute Gasteiger partial charge is 0.161 e. The molecule has 1 atom stereocenters. The van der Waals surface area contributed by atoms with Gasteiger partial charge in [-0.25, -0.2) is 9.97 Å². The summed E-state index contributed by atoms with van der Waals surface area (Å²) >= 11 is 7.95. The molecule has 3 rings (SSSR count). The maximum absolute atomic E-state index is 6.21. The van der Waals surface area contributed by atoms with Gasteiger partial charge in [0.2, 0.25) is 0 Å². The van der Waals surface area contributed by atoms with Crippen molar-refractivity contribution in [1.82, 2.24) is 15.3 Å². The average molecular weight is 280 g/mol. The van der Waals surface area contributed by atoms with Crippen LogP contribution in [-0.4, -0.2) is 28.3 Å². The second kappa shape index (κ2) is 5.43. The maximum atomic E-state index is 6.21. The molecule has 0 bridgehead atoms. The van der Waals surface area contributed by atoms with Crippen molar-refractivity contribution in [3.05, 3.63) is 29.4 Å². The van der Waals surface area contributed by atoms with Gasteiger partial charge in [-0.05, 0) is 31.5 Å². The number of para-hydroxylation sites is 2. The molecule has 1 saturated heterocycles. The van der Waals surface area contributed by atoms with Crippen LogP contribution in [0.15, 0.2) is 29.3 Å². The molecule has 0 aliphatic carbocycles. The van der Waals surface area contributed by atoms with Crippen LogP contribution < -0.4 is 5.32 Å². The predicted octanol–water partition coefficient (Wildman–Crippen LogP) is 3.13. The van der Waals surface area contributed by atoms with E-state index in [1.807, 2.05) is 24.3 Å². The van der Waals surface area contributed by atoms with Crippen molar-refractivity contribution in [2.75, 3.05) is 13.1 Å². The van der Waals surface area contributed by atoms with E-state index >= 15 is 0 Å². The minimum absolute atomic E-state index is 0.518. The standard InChI is InChI=1S/C13H14ClN3S/c14-12-13(18-9-4-3-7-15-8-9)17-11-6-2-1-5-10(11)16-12/h1-2,5-6,9,15H,3-4,7-8H2/t9-/m0/s1. The number of nitrogens with zero attached hydrogens (tertiary/aromatic N) is 2. The van der Waals surface area contributed by atoms with Gasteiger partial charge in [0.1, 0.15) is 5.03 Å². The van der Waals surface area contributed by atoms with Crippen molar-refractivity contribution in [2.45, 2.75) is 23.1 Å². The van der Waals surface area contributed by atoms with E-state index in [0.29, 0.717) is 10.4 Å². The molecule has 1 aromatic heterocycles. The molecule has 0 amide bonds. The molecular formula is C13H14ClN3S. The highest BCUT2D eigenvalue weighted by molar-refractivity contribution is 8.00. The Morgan fingerprint density at radius 2 is 2.00 bits per heavy atom. The van der Waals surface area contributed by atoms with Crippen molar-refractivity contribution in [3.63, 3.8) is 0 Å². The summed E-state index contributed by atoms with van der Waals surface area (Å²) in [5, 5.41) is 5.32. The summed E-state index contributed by atoms with van der Waals surface area (Å²) < 4.78 is 0. The number of nitrogens with one attached hydrogen (secondary N) is 1. The Morgan fingerprint density at radius 3 is 2.72 bits per heavy atom. The molecule has 0 radical (unpaired) electrons. The lowest BCUT2D eigenvalue weighted by Gasteiger charge is -2.21. The molecule has 1 aliphatic rings. The zero-order chi connectivity index (χ0) is 12.4. The Morgan fingerprint density at radius 1 is 1.22 bits per heavy atom. The molecule has 0 unspecified atom stereocenters. The Kier molecular flexibility index (Phi) is 3.68. The van der Waals surface area contributed by atoms with E-state index in [1.54, 1.807) is 11.8 Å². The third kappa shape index (κ3) is 2.60. The first-order valence-corrected chi connectivity index (χ1v) is 7.38. The van der Waals surface area contributed by atoms with E-state index in [-0.39, 0.29) is 0 Å². The summed E-state index contributed by atoms with van der Waals surface area (Å²) in [7, 11) is 0. The number of thioether (sulfide) groups is 1. The van der Waals surface area contributed by atoms with Crippen molar-refractivity contribution in [3.8, 4) is 0 Å². The van der Waals surface area contributed by atoms with Crippen LogP contribution in [0.5, 0.6) is 0 Å². The minimum atomic E-state index is 0.518. The molecule has 1 N–H and O–H groups in total. The van der Waals surface area contributed by atoms with Crippen LogP contribution in [0.3, 0.4) is 0 Å². The van der Waals surface area contributed by atoms with Crippen LogP contribution in [0.2, 0.25) is 5.15 Å². The monoisotopic (exact) mass is 279 g/mol. The Labute approximate surface area is 115 Å². The predicted molar refractivity (Wildman–Crippen MR) is 76.3 cm³/mol. The fourth-order valence-corrected chi connectivity index (χ4v) is 3.48. The molecule has 0 spiro atoms. The largest absolute Gasteiger partial charge is 0.316 e. The molecular weight excluding hydrogens is 266 g/mol. The molecule has 18 heavy (non-hydrogen) atoms. The van der Waals surface area contributed by atoms with Gasteiger partial charge in [0.25, 0.3) is 0 Å². The highest BCUT2D eigenvalue weighted by Gasteiger charge is 2.17. The maximum Gasteiger partial charge on any atom is 0.161 e. The minimum Gasteiger partial charge on any atom is -0.316 e. The van der Waals surface area contributed by atoms with Crippen LogP contribution in [0.1, 0.15) is 12.8 Å². The normalized spacial score (nSPS) is 20.2. The number of hydrogen-bond donors (Lipinski definition) is 1. The van der Waals surface area contributed by atoms with Gasteiger partial charge >= 0.3 is 0 Å². The summed E-state index contributed by atoms with van der Waals surface area (Å²) in [6.07, 6.45) is 2.43. The third-order valence-corrected chi connectivity index (χ3v) is 4.65. The number of aromatic nitrogens is 2. The number of hydrogen-bond acceptors (Lipinski definition) is 4. The van der Waals surface area contributed by atoms with E-state index in [4.69, 9.17) is 11.6 Å². The van der Waals surface area contributed by atoms with Crippen LogP contribution in [0, 0.1) is 0 Å². The van der Waals surface area contributed by atoms with Crippen LogP contribution in [0.25, 0.3) is 11.0 Å². The Balaban J connectivity index is 1.88. The van der Waals surface area contributed by atoms with E-state index in [9.17, 15) is 0 Å². The molecule has 0 saturated carbocycles. The highest BCUT2D eigenvalue weighted by Crippen LogP contribution is 2.31. The zero-order valence-corrected chi connectivity index (χ0v) is 11.5. The summed E-state index contributed by atoms with van der Waals surface area (Å²) in [5.41, 5.74) is 1.77. The van der Waals surface area contributed by atoms with Crippen LogP contribution >= 0.6 is 23.4 Å². The highest BCUT2D eigenvalue weighted by atomic mass is 35.5. The van der Waals surface area contributed by atoms with Crippen molar-refractivity contribution < 1.29 is 0 Å². The molecule has 1 aliphatic heterocycles. The van der Waals surface area contributed by atoms with Gasteiger partial charge in [0.05, 0.1) is 11.0 Å². The number of fused-ring (bicyclic) bond motifs is 1. The second-order valence-corrected chi connectivity index (χ2v) is 6.04. The van der Waals surface area contributed by atoms with Crippen molar-refractivity contribution >= 4 is 34.4 Å². The summed E-state index contributed by atoms with van der Waals surface area (Å²) in [4.78, 5) is 9.01. The lowest BCUT2D eigenvalue weighted by atomic mass is 10.2. The first-order chi connectivity index (χ1) is 8.83. The van der Waals surface area contributed by atoms with Gasteiger partial charge in [0.15, 0.2) is 5.15 Å². The van der Waals surface area contributed by atoms with Crippen LogP contribution in [-0.2, 0) is 0 Å². The lowest BCUT2D eigenvalue weighted by Crippen LogP contribution is -2.31. The molecule has 1 fully saturated rings. The second-order valence-electron chi connectivity index (χ2n) is 4.39. The fourth-order valence-electron chi connectivity index (χ4n) is 2.12. The van der Waals surface area contributed by atoms with Gasteiger partial charge in [0, 0.05) is 11.8 Å². The van der Waals surface area contributed by atoms with Gasteiger partial charge in [-0.2, -0.15) is 0 Å². The van der Waals surface area contributed by atoms with Crippen LogP contribution in [0.4, 0.5) is 0 Å². The van der Waals surface area contributed by atoms with Crippen molar-refractivity contribution in [2.24, 2.45) is 0 Å². The van der Waals surface area contributed by atoms with E-state index in [1.165, 1.54) is 12.8 Å². The Bertz CT molecular complexity index is 555. The summed E-state index contributed by atoms with van der Waals surface area (Å²) in [6.45, 7) is 2.14. The number of rotatable bonds is 2. The molecule has 94 valence electrons. The van der Waals surface area contributed by atoms with Crippen molar-refractivity contribution in [1.29, 1.82) is 0 Å². The van der Waals surface area contributed by atoms with Gasteiger partial charge in [-0.3, -0.25) is 0 Å². The summed E-state index contributed by atoms with van der Waals surface area (Å²) in [5.74, 6) is 0. The first kappa shape index (κ1) is 12.2. The first-order valence-electron chi connectivity index (χ1n) is 6.12. The average Bonchev–Trinajstić information content (AvgIpc) is 2.41.